The number of hydrogen-bond donors (Lipinski definition) is 1. The van der Waals surface area contributed by atoms with Crippen LogP contribution in [0.25, 0.3) is 0 Å². The Morgan fingerprint density at radius 2 is 1.00 bits per heavy atom. The van der Waals surface area contributed by atoms with Gasteiger partial charge in [0.05, 0.1) is 0 Å². The van der Waals surface area contributed by atoms with Crippen LogP contribution in [0.3, 0.4) is 0 Å². The summed E-state index contributed by atoms with van der Waals surface area (Å²) in [5.74, 6) is 0. The second kappa shape index (κ2) is 20.3. The minimum atomic E-state index is 0.181. The first kappa shape index (κ1) is 24.0. The lowest BCUT2D eigenvalue weighted by molar-refractivity contribution is 0.133. The molecule has 0 amide bonds. The van der Waals surface area contributed by atoms with Gasteiger partial charge < -0.3 is 5.11 Å². The Bertz CT molecular complexity index is 113. The summed E-state index contributed by atoms with van der Waals surface area (Å²) in [6, 6.07) is 0. The second-order valence-electron chi connectivity index (χ2n) is 5.74. The van der Waals surface area contributed by atoms with E-state index in [-0.39, 0.29) is 5.41 Å². The summed E-state index contributed by atoms with van der Waals surface area (Å²) in [6.45, 7) is 15.5. The molecule has 0 saturated carbocycles. The Balaban J connectivity index is -0.000000214. The lowest BCUT2D eigenvalue weighted by Gasteiger charge is -2.22. The predicted octanol–water partition coefficient (Wildman–Crippen LogP) is 6.59. The molecule has 1 heteroatoms. The fourth-order valence-electron chi connectivity index (χ4n) is 1.15. The van der Waals surface area contributed by atoms with E-state index >= 15 is 0 Å². The molecule has 0 aliphatic rings. The van der Waals surface area contributed by atoms with Crippen molar-refractivity contribution >= 4 is 0 Å². The highest BCUT2D eigenvalue weighted by molar-refractivity contribution is 4.67. The third-order valence-corrected chi connectivity index (χ3v) is 3.80. The second-order valence-corrected chi connectivity index (χ2v) is 5.74. The average molecular weight is 275 g/mol. The van der Waals surface area contributed by atoms with E-state index in [2.05, 4.69) is 48.5 Å². The highest BCUT2D eigenvalue weighted by atomic mass is 16.3. The van der Waals surface area contributed by atoms with E-state index in [4.69, 9.17) is 5.11 Å². The van der Waals surface area contributed by atoms with Crippen LogP contribution >= 0.6 is 0 Å². The minimum absolute atomic E-state index is 0.181. The van der Waals surface area contributed by atoms with Crippen molar-refractivity contribution in [1.82, 2.24) is 0 Å². The molecule has 120 valence electrons. The van der Waals surface area contributed by atoms with E-state index < -0.39 is 0 Å². The van der Waals surface area contributed by atoms with Crippen molar-refractivity contribution in [2.24, 2.45) is 5.41 Å². The van der Waals surface area contributed by atoms with E-state index in [9.17, 15) is 0 Å². The predicted molar refractivity (Wildman–Crippen MR) is 90.8 cm³/mol. The Morgan fingerprint density at radius 1 is 0.632 bits per heavy atom. The van der Waals surface area contributed by atoms with E-state index in [1.807, 2.05) is 0 Å². The zero-order valence-electron chi connectivity index (χ0n) is 15.0. The molecule has 0 aliphatic carbocycles. The average Bonchev–Trinajstić information content (AvgIpc) is 2.48. The zero-order chi connectivity index (χ0) is 15.6. The molecule has 0 fully saturated rings. The Labute approximate surface area is 124 Å². The molecule has 0 heterocycles. The van der Waals surface area contributed by atoms with Crippen LogP contribution in [0.4, 0.5) is 0 Å². The van der Waals surface area contributed by atoms with Crippen LogP contribution in [-0.2, 0) is 0 Å². The SMILES string of the molecule is CCC(C)(CC)CO.CCCC.CCCCCCC. The van der Waals surface area contributed by atoms with Crippen molar-refractivity contribution in [2.75, 3.05) is 6.61 Å². The maximum Gasteiger partial charge on any atom is 0.0484 e. The van der Waals surface area contributed by atoms with Crippen molar-refractivity contribution in [2.45, 2.75) is 106 Å². The number of hydrogen-bond acceptors (Lipinski definition) is 1. The molecule has 0 spiro atoms. The maximum absolute atomic E-state index is 8.79. The molecule has 0 radical (unpaired) electrons. The van der Waals surface area contributed by atoms with Crippen molar-refractivity contribution in [3.63, 3.8) is 0 Å². The molecule has 0 atom stereocenters. The van der Waals surface area contributed by atoms with Gasteiger partial charge in [-0.1, -0.05) is 93.4 Å². The Morgan fingerprint density at radius 3 is 1.11 bits per heavy atom. The first-order chi connectivity index (χ1) is 9.01. The zero-order valence-corrected chi connectivity index (χ0v) is 15.0. The van der Waals surface area contributed by atoms with Gasteiger partial charge in [-0.2, -0.15) is 0 Å². The molecule has 0 bridgehead atoms. The molecule has 0 aliphatic heterocycles. The monoisotopic (exact) mass is 274 g/mol. The lowest BCUT2D eigenvalue weighted by Crippen LogP contribution is -2.18. The normalized spacial score (nSPS) is 10.1. The molecular weight excluding hydrogens is 232 g/mol. The van der Waals surface area contributed by atoms with Gasteiger partial charge in [-0.3, -0.25) is 0 Å². The molecule has 0 aromatic carbocycles. The molecule has 0 saturated heterocycles. The van der Waals surface area contributed by atoms with Gasteiger partial charge >= 0.3 is 0 Å². The summed E-state index contributed by atoms with van der Waals surface area (Å²) >= 11 is 0. The van der Waals surface area contributed by atoms with E-state index in [0.29, 0.717) is 6.61 Å². The standard InChI is InChI=1S/C7H16O.C7H16.C4H10/c1-4-7(3,5-2)6-8;1-3-5-7-6-4-2;1-3-4-2/h8H,4-6H2,1-3H3;3-7H2,1-2H3;3-4H2,1-2H3. The molecule has 0 aromatic heterocycles. The van der Waals surface area contributed by atoms with Gasteiger partial charge in [0.1, 0.15) is 0 Å². The van der Waals surface area contributed by atoms with Crippen molar-refractivity contribution in [3.8, 4) is 0 Å². The van der Waals surface area contributed by atoms with Gasteiger partial charge in [-0.05, 0) is 18.3 Å². The third-order valence-electron chi connectivity index (χ3n) is 3.80. The molecule has 0 rings (SSSR count). The number of unbranched alkanes of at least 4 members (excludes halogenated alkanes) is 5. The van der Waals surface area contributed by atoms with Gasteiger partial charge in [0.15, 0.2) is 0 Å². The van der Waals surface area contributed by atoms with Crippen LogP contribution < -0.4 is 0 Å². The van der Waals surface area contributed by atoms with E-state index in [1.54, 1.807) is 0 Å². The van der Waals surface area contributed by atoms with Crippen molar-refractivity contribution in [1.29, 1.82) is 0 Å². The third kappa shape index (κ3) is 23.5. The maximum atomic E-state index is 8.79. The highest BCUT2D eigenvalue weighted by Gasteiger charge is 2.16. The minimum Gasteiger partial charge on any atom is -0.396 e. The molecule has 19 heavy (non-hydrogen) atoms. The Kier molecular flexibility index (Phi) is 25.6. The number of rotatable bonds is 8. The number of aliphatic hydroxyl groups is 1. The molecule has 1 nitrogen and oxygen atoms in total. The van der Waals surface area contributed by atoms with Gasteiger partial charge in [-0.15, -0.1) is 0 Å². The fourth-order valence-corrected chi connectivity index (χ4v) is 1.15. The van der Waals surface area contributed by atoms with Crippen molar-refractivity contribution < 1.29 is 5.11 Å². The smallest absolute Gasteiger partial charge is 0.0484 e. The van der Waals surface area contributed by atoms with Crippen LogP contribution in [0, 0.1) is 5.41 Å². The molecule has 0 unspecified atom stereocenters. The quantitative estimate of drug-likeness (QED) is 0.495. The van der Waals surface area contributed by atoms with Gasteiger partial charge in [0, 0.05) is 6.61 Å². The van der Waals surface area contributed by atoms with E-state index in [0.717, 1.165) is 12.8 Å². The molecule has 0 aromatic rings. The first-order valence-corrected chi connectivity index (χ1v) is 8.62. The lowest BCUT2D eigenvalue weighted by atomic mass is 9.86. The first-order valence-electron chi connectivity index (χ1n) is 8.62. The fraction of sp³-hybridized carbons (Fsp3) is 1.00. The Hall–Kier alpha value is -0.0400. The van der Waals surface area contributed by atoms with Crippen LogP contribution in [0.15, 0.2) is 0 Å². The molecular formula is C18H42O. The summed E-state index contributed by atoms with van der Waals surface area (Å²) in [5, 5.41) is 8.79. The van der Waals surface area contributed by atoms with Crippen LogP contribution in [0.2, 0.25) is 0 Å². The largest absolute Gasteiger partial charge is 0.396 e. The van der Waals surface area contributed by atoms with Crippen molar-refractivity contribution in [3.05, 3.63) is 0 Å². The van der Waals surface area contributed by atoms with Gasteiger partial charge in [-0.25, -0.2) is 0 Å². The topological polar surface area (TPSA) is 20.2 Å². The van der Waals surface area contributed by atoms with Crippen LogP contribution in [0.1, 0.15) is 106 Å². The number of aliphatic hydroxyl groups excluding tert-OH is 1. The van der Waals surface area contributed by atoms with Gasteiger partial charge in [0.25, 0.3) is 0 Å². The molecule has 1 N–H and O–H groups in total. The summed E-state index contributed by atoms with van der Waals surface area (Å²) in [5.41, 5.74) is 0.181. The highest BCUT2D eigenvalue weighted by Crippen LogP contribution is 2.23. The van der Waals surface area contributed by atoms with E-state index in [1.165, 1.54) is 44.9 Å². The van der Waals surface area contributed by atoms with Crippen LogP contribution in [-0.4, -0.2) is 11.7 Å². The summed E-state index contributed by atoms with van der Waals surface area (Å²) in [6.07, 6.45) is 11.8. The summed E-state index contributed by atoms with van der Waals surface area (Å²) in [4.78, 5) is 0. The van der Waals surface area contributed by atoms with Gasteiger partial charge in [0.2, 0.25) is 0 Å². The summed E-state index contributed by atoms with van der Waals surface area (Å²) in [7, 11) is 0. The summed E-state index contributed by atoms with van der Waals surface area (Å²) < 4.78 is 0. The van der Waals surface area contributed by atoms with Crippen LogP contribution in [0.5, 0.6) is 0 Å².